The van der Waals surface area contributed by atoms with Gasteiger partial charge in [-0.3, -0.25) is 9.40 Å². The highest BCUT2D eigenvalue weighted by atomic mass is 36.0. The molecule has 198 valence electrons. The van der Waals surface area contributed by atoms with Crippen molar-refractivity contribution in [3.63, 3.8) is 0 Å². The topological polar surface area (TPSA) is 95.7 Å². The van der Waals surface area contributed by atoms with Gasteiger partial charge in [0.2, 0.25) is 6.20 Å². The zero-order valence-corrected chi connectivity index (χ0v) is 24.1. The molecule has 2 aromatic rings. The fourth-order valence-corrected chi connectivity index (χ4v) is 4.20. The van der Waals surface area contributed by atoms with Gasteiger partial charge in [0.15, 0.2) is 0 Å². The molecular weight excluding hydrogens is 573 g/mol. The average Bonchev–Trinajstić information content (AvgIpc) is 3.47. The lowest BCUT2D eigenvalue weighted by molar-refractivity contribution is -0.887. The molecule has 0 amide bonds. The van der Waals surface area contributed by atoms with Gasteiger partial charge in [-0.25, -0.2) is 14.6 Å². The Labute approximate surface area is 229 Å². The molecule has 36 heavy (non-hydrogen) atoms. The van der Waals surface area contributed by atoms with Gasteiger partial charge in [0, 0.05) is 16.4 Å². The van der Waals surface area contributed by atoms with Crippen molar-refractivity contribution in [2.24, 2.45) is 0 Å². The largest absolute Gasteiger partial charge is 0.461 e. The molecule has 0 N–H and O–H groups in total. The first-order chi connectivity index (χ1) is 17.0. The van der Waals surface area contributed by atoms with E-state index in [0.29, 0.717) is 29.8 Å². The van der Waals surface area contributed by atoms with Crippen LogP contribution in [0.1, 0.15) is 69.9 Å². The van der Waals surface area contributed by atoms with Crippen LogP contribution in [-0.2, 0) is 39.7 Å². The number of nitrogens with zero attached hydrogens (tertiary/aromatic N) is 2. The molecule has 0 bridgehead atoms. The SMILES string of the molecule is CCOC(=O)c1cc2c(c(Cl)n1)CCC2.CCOC(=O)c1cc2c(c[n+]1OC)CCC2.O=P(Cl)(Cl)Cl. The fourth-order valence-electron chi connectivity index (χ4n) is 3.89. The third-order valence-electron chi connectivity index (χ3n) is 5.33. The normalized spacial score (nSPS) is 13.3. The Hall–Kier alpha value is -1.57. The Morgan fingerprint density at radius 3 is 2.11 bits per heavy atom. The summed E-state index contributed by atoms with van der Waals surface area (Å²) >= 11 is 19.8. The first-order valence-corrected chi connectivity index (χ1v) is 16.1. The summed E-state index contributed by atoms with van der Waals surface area (Å²) in [4.78, 5) is 32.4. The van der Waals surface area contributed by atoms with Gasteiger partial charge in [0.25, 0.3) is 0 Å². The van der Waals surface area contributed by atoms with E-state index >= 15 is 0 Å². The molecule has 0 unspecified atom stereocenters. The second-order valence-electron chi connectivity index (χ2n) is 7.70. The minimum atomic E-state index is -3.22. The van der Waals surface area contributed by atoms with Gasteiger partial charge in [-0.15, -0.1) is 0 Å². The number of esters is 2. The quantitative estimate of drug-likeness (QED) is 0.182. The minimum absolute atomic E-state index is 0.322. The van der Waals surface area contributed by atoms with E-state index in [1.165, 1.54) is 15.9 Å². The summed E-state index contributed by atoms with van der Waals surface area (Å²) < 4.78 is 20.9. The number of rotatable bonds is 5. The van der Waals surface area contributed by atoms with Crippen LogP contribution in [0.2, 0.25) is 5.15 Å². The van der Waals surface area contributed by atoms with E-state index in [1.807, 2.05) is 12.3 Å². The van der Waals surface area contributed by atoms with E-state index in [0.717, 1.165) is 49.7 Å². The number of aromatic nitrogens is 2. The van der Waals surface area contributed by atoms with Crippen molar-refractivity contribution in [2.75, 3.05) is 20.3 Å². The summed E-state index contributed by atoms with van der Waals surface area (Å²) in [6.45, 7) is 4.30. The molecule has 2 heterocycles. The zero-order valence-electron chi connectivity index (χ0n) is 20.2. The van der Waals surface area contributed by atoms with Gasteiger partial charge >= 0.3 is 22.8 Å². The first-order valence-electron chi connectivity index (χ1n) is 11.3. The van der Waals surface area contributed by atoms with Gasteiger partial charge in [-0.1, -0.05) is 11.6 Å². The maximum atomic E-state index is 11.7. The third kappa shape index (κ3) is 9.38. The van der Waals surface area contributed by atoms with Crippen LogP contribution < -0.4 is 9.57 Å². The van der Waals surface area contributed by atoms with Crippen LogP contribution in [0, 0.1) is 0 Å². The molecule has 0 fully saturated rings. The summed E-state index contributed by atoms with van der Waals surface area (Å²) in [6.07, 6.45) is 8.14. The molecule has 0 saturated carbocycles. The summed E-state index contributed by atoms with van der Waals surface area (Å²) in [5.74, 6) is -0.729. The number of pyridine rings is 2. The van der Waals surface area contributed by atoms with Gasteiger partial charge < -0.3 is 9.47 Å². The molecule has 13 heteroatoms. The molecule has 0 atom stereocenters. The average molecular weight is 601 g/mol. The summed E-state index contributed by atoms with van der Waals surface area (Å²) in [7, 11) is 1.55. The number of aryl methyl sites for hydroxylation is 3. The molecule has 0 aromatic carbocycles. The smallest absolute Gasteiger partial charge is 0.408 e. The molecule has 0 aliphatic heterocycles. The third-order valence-corrected chi connectivity index (χ3v) is 5.64. The standard InChI is InChI=1S/C12H16NO3.C11H12ClNO2.Cl3OP/c1-3-16-12(14)11-7-9-5-4-6-10(9)8-13(11)15-2;1-2-15-11(14)9-6-7-4-3-5-8(7)10(12)13-9;1-5(2,3)4/h7-8H,3-6H2,1-2H3;6H,2-5H2,1H3;/q+1;;. The molecule has 2 aromatic heterocycles. The van der Waals surface area contributed by atoms with Crippen LogP contribution in [0.25, 0.3) is 0 Å². The highest BCUT2D eigenvalue weighted by Gasteiger charge is 2.27. The first kappa shape index (κ1) is 30.7. The molecule has 8 nitrogen and oxygen atoms in total. The molecule has 2 aliphatic rings. The van der Waals surface area contributed by atoms with E-state index < -0.39 is 11.2 Å². The van der Waals surface area contributed by atoms with Crippen molar-refractivity contribution in [3.05, 3.63) is 57.1 Å². The van der Waals surface area contributed by atoms with E-state index in [9.17, 15) is 14.2 Å². The number of carbonyl (C=O) groups is 2. The van der Waals surface area contributed by atoms with Crippen molar-refractivity contribution in [1.29, 1.82) is 0 Å². The number of ether oxygens (including phenoxy) is 2. The molecule has 0 spiro atoms. The monoisotopic (exact) mass is 599 g/mol. The van der Waals surface area contributed by atoms with Gasteiger partial charge in [0.1, 0.15) is 18.0 Å². The zero-order chi connectivity index (χ0) is 26.9. The van der Waals surface area contributed by atoms with Crippen LogP contribution in [0.15, 0.2) is 18.3 Å². The second-order valence-corrected chi connectivity index (χ2v) is 14.7. The molecule has 4 rings (SSSR count). The number of hydrogen-bond donors (Lipinski definition) is 0. The Balaban J connectivity index is 0.000000215. The molecular formula is C23H28Cl4N2O6P+. The molecule has 0 radical (unpaired) electrons. The summed E-state index contributed by atoms with van der Waals surface area (Å²) in [5.41, 5.74) is 5.50. The fraction of sp³-hybridized carbons (Fsp3) is 0.478. The van der Waals surface area contributed by atoms with Crippen LogP contribution in [-0.4, -0.2) is 37.2 Å². The number of hydrogen-bond acceptors (Lipinski definition) is 7. The van der Waals surface area contributed by atoms with Crippen LogP contribution in [0.5, 0.6) is 0 Å². The number of carbonyl (C=O) groups excluding carboxylic acids is 2. The Bertz CT molecular complexity index is 1130. The Morgan fingerprint density at radius 1 is 0.944 bits per heavy atom. The van der Waals surface area contributed by atoms with Gasteiger partial charge in [-0.2, -0.15) is 0 Å². The lowest BCUT2D eigenvalue weighted by Crippen LogP contribution is -2.46. The number of halogens is 4. The maximum absolute atomic E-state index is 11.7. The Morgan fingerprint density at radius 2 is 1.50 bits per heavy atom. The van der Waals surface area contributed by atoms with E-state index in [-0.39, 0.29) is 5.97 Å². The maximum Gasteiger partial charge on any atom is 0.408 e. The predicted octanol–water partition coefficient (Wildman–Crippen LogP) is 5.91. The minimum Gasteiger partial charge on any atom is -0.461 e. The lowest BCUT2D eigenvalue weighted by atomic mass is 10.1. The van der Waals surface area contributed by atoms with Crippen molar-refractivity contribution in [2.45, 2.75) is 52.4 Å². The van der Waals surface area contributed by atoms with Crippen LogP contribution in [0.4, 0.5) is 0 Å². The van der Waals surface area contributed by atoms with Gasteiger partial charge in [0.05, 0.1) is 13.2 Å². The van der Waals surface area contributed by atoms with E-state index in [1.54, 1.807) is 27.0 Å². The highest BCUT2D eigenvalue weighted by molar-refractivity contribution is 8.24. The van der Waals surface area contributed by atoms with Crippen molar-refractivity contribution < 1.29 is 33.2 Å². The highest BCUT2D eigenvalue weighted by Crippen LogP contribution is 2.61. The van der Waals surface area contributed by atoms with E-state index in [2.05, 4.69) is 38.7 Å². The predicted molar refractivity (Wildman–Crippen MR) is 140 cm³/mol. The Kier molecular flexibility index (Phi) is 12.3. The van der Waals surface area contributed by atoms with Crippen molar-refractivity contribution in [1.82, 2.24) is 4.98 Å². The van der Waals surface area contributed by atoms with Gasteiger partial charge in [-0.05, 0) is 109 Å². The van der Waals surface area contributed by atoms with Crippen LogP contribution in [0.3, 0.4) is 0 Å². The van der Waals surface area contributed by atoms with E-state index in [4.69, 9.17) is 25.9 Å². The summed E-state index contributed by atoms with van der Waals surface area (Å²) in [5, 5.41) is -2.77. The van der Waals surface area contributed by atoms with Crippen molar-refractivity contribution in [3.8, 4) is 0 Å². The second kappa shape index (κ2) is 14.4. The number of fused-ring (bicyclic) bond motifs is 2. The summed E-state index contributed by atoms with van der Waals surface area (Å²) in [6, 6.07) is 3.68. The molecule has 2 aliphatic carbocycles. The van der Waals surface area contributed by atoms with Crippen LogP contribution >= 0.6 is 50.5 Å². The molecule has 0 saturated heterocycles. The van der Waals surface area contributed by atoms with Crippen molar-refractivity contribution >= 4 is 62.5 Å². The lowest BCUT2D eigenvalue weighted by Gasteiger charge is -2.05.